The number of rotatable bonds is 0. The molecular formula is C12H9NO2. The van der Waals surface area contributed by atoms with Gasteiger partial charge in [0.15, 0.2) is 0 Å². The van der Waals surface area contributed by atoms with E-state index in [4.69, 9.17) is 4.74 Å². The van der Waals surface area contributed by atoms with Crippen molar-refractivity contribution in [2.24, 2.45) is 0 Å². The van der Waals surface area contributed by atoms with E-state index in [-0.39, 0.29) is 5.91 Å². The molecule has 0 bridgehead atoms. The molecule has 0 fully saturated rings. The van der Waals surface area contributed by atoms with Crippen molar-refractivity contribution in [3.8, 4) is 0 Å². The number of anilines is 1. The summed E-state index contributed by atoms with van der Waals surface area (Å²) in [5, 5.41) is 2.81. The van der Waals surface area contributed by atoms with E-state index in [1.165, 1.54) is 0 Å². The monoisotopic (exact) mass is 199 g/mol. The SMILES string of the molecule is O=C1Nc2ccccc2C12C=CC=CO2. The number of ether oxygens (including phenoxy) is 1. The number of hydrogen-bond acceptors (Lipinski definition) is 2. The van der Waals surface area contributed by atoms with Crippen molar-refractivity contribution in [1.82, 2.24) is 0 Å². The van der Waals surface area contributed by atoms with E-state index in [1.54, 1.807) is 18.4 Å². The Morgan fingerprint density at radius 3 is 2.87 bits per heavy atom. The largest absolute Gasteiger partial charge is 0.476 e. The fourth-order valence-electron chi connectivity index (χ4n) is 1.96. The highest BCUT2D eigenvalue weighted by Crippen LogP contribution is 2.40. The van der Waals surface area contributed by atoms with Crippen LogP contribution in [0.25, 0.3) is 0 Å². The average Bonchev–Trinajstić information content (AvgIpc) is 2.55. The Morgan fingerprint density at radius 1 is 1.20 bits per heavy atom. The fraction of sp³-hybridized carbons (Fsp3) is 0.0833. The van der Waals surface area contributed by atoms with Gasteiger partial charge in [-0.3, -0.25) is 4.79 Å². The summed E-state index contributed by atoms with van der Waals surface area (Å²) < 4.78 is 5.49. The Morgan fingerprint density at radius 2 is 2.07 bits per heavy atom. The van der Waals surface area contributed by atoms with Crippen LogP contribution in [0.4, 0.5) is 5.69 Å². The van der Waals surface area contributed by atoms with E-state index in [0.717, 1.165) is 11.3 Å². The first kappa shape index (κ1) is 8.29. The minimum Gasteiger partial charge on any atom is -0.476 e. The Kier molecular flexibility index (Phi) is 1.51. The van der Waals surface area contributed by atoms with Crippen LogP contribution in [-0.4, -0.2) is 5.91 Å². The van der Waals surface area contributed by atoms with E-state index >= 15 is 0 Å². The van der Waals surface area contributed by atoms with Crippen molar-refractivity contribution < 1.29 is 9.53 Å². The van der Waals surface area contributed by atoms with Crippen molar-refractivity contribution in [2.45, 2.75) is 5.60 Å². The van der Waals surface area contributed by atoms with Crippen molar-refractivity contribution >= 4 is 11.6 Å². The summed E-state index contributed by atoms with van der Waals surface area (Å²) in [6, 6.07) is 7.56. The first-order valence-corrected chi connectivity index (χ1v) is 4.76. The molecule has 1 aromatic carbocycles. The molecule has 1 atom stereocenters. The van der Waals surface area contributed by atoms with Gasteiger partial charge in [-0.15, -0.1) is 0 Å². The highest BCUT2D eigenvalue weighted by Gasteiger charge is 2.46. The maximum Gasteiger partial charge on any atom is 0.277 e. The van der Waals surface area contributed by atoms with Crippen molar-refractivity contribution in [3.05, 3.63) is 54.3 Å². The molecule has 1 aromatic rings. The third kappa shape index (κ3) is 0.973. The number of carbonyl (C=O) groups is 1. The Balaban J connectivity index is 2.21. The normalized spacial score (nSPS) is 26.3. The number of para-hydroxylation sites is 1. The van der Waals surface area contributed by atoms with Gasteiger partial charge < -0.3 is 10.1 Å². The molecule has 0 aliphatic carbocycles. The molecule has 0 saturated heterocycles. The summed E-state index contributed by atoms with van der Waals surface area (Å²) in [5.74, 6) is -0.135. The highest BCUT2D eigenvalue weighted by molar-refractivity contribution is 6.06. The van der Waals surface area contributed by atoms with Crippen LogP contribution in [-0.2, 0) is 15.1 Å². The van der Waals surface area contributed by atoms with E-state index in [1.807, 2.05) is 30.3 Å². The van der Waals surface area contributed by atoms with Crippen molar-refractivity contribution in [2.75, 3.05) is 5.32 Å². The molecule has 3 nitrogen and oxygen atoms in total. The first-order valence-electron chi connectivity index (χ1n) is 4.76. The summed E-state index contributed by atoms with van der Waals surface area (Å²) in [7, 11) is 0. The Bertz CT molecular complexity index is 490. The lowest BCUT2D eigenvalue weighted by Gasteiger charge is -2.24. The molecule has 1 spiro atoms. The standard InChI is InChI=1S/C12H9NO2/c14-11-12(7-3-4-8-15-12)9-5-1-2-6-10(9)13-11/h1-8H,(H,13,14). The Hall–Kier alpha value is -2.03. The molecule has 74 valence electrons. The van der Waals surface area contributed by atoms with Crippen LogP contribution in [0.2, 0.25) is 0 Å². The molecule has 3 heteroatoms. The average molecular weight is 199 g/mol. The second-order valence-electron chi connectivity index (χ2n) is 3.54. The van der Waals surface area contributed by atoms with Crippen LogP contribution < -0.4 is 5.32 Å². The molecule has 0 aromatic heterocycles. The predicted molar refractivity (Wildman–Crippen MR) is 56.1 cm³/mol. The second kappa shape index (κ2) is 2.73. The third-order valence-electron chi connectivity index (χ3n) is 2.69. The zero-order valence-electron chi connectivity index (χ0n) is 7.94. The van der Waals surface area contributed by atoms with Crippen LogP contribution in [0.15, 0.2) is 48.8 Å². The quantitative estimate of drug-likeness (QED) is 0.693. The van der Waals surface area contributed by atoms with Gasteiger partial charge in [0.25, 0.3) is 5.91 Å². The number of hydrogen-bond donors (Lipinski definition) is 1. The maximum absolute atomic E-state index is 11.9. The molecule has 2 heterocycles. The predicted octanol–water partition coefficient (Wildman–Crippen LogP) is 1.93. The number of allylic oxidation sites excluding steroid dienone is 2. The summed E-state index contributed by atoms with van der Waals surface area (Å²) in [6.07, 6.45) is 6.90. The number of benzene rings is 1. The molecule has 1 N–H and O–H groups in total. The molecule has 3 rings (SSSR count). The summed E-state index contributed by atoms with van der Waals surface area (Å²) >= 11 is 0. The van der Waals surface area contributed by atoms with Gasteiger partial charge in [-0.05, 0) is 18.2 Å². The molecule has 15 heavy (non-hydrogen) atoms. The molecular weight excluding hydrogens is 190 g/mol. The van der Waals surface area contributed by atoms with E-state index < -0.39 is 5.60 Å². The molecule has 0 saturated carbocycles. The van der Waals surface area contributed by atoms with Crippen LogP contribution in [0.5, 0.6) is 0 Å². The fourth-order valence-corrected chi connectivity index (χ4v) is 1.96. The van der Waals surface area contributed by atoms with Crippen LogP contribution in [0.1, 0.15) is 5.56 Å². The van der Waals surface area contributed by atoms with Gasteiger partial charge in [-0.2, -0.15) is 0 Å². The smallest absolute Gasteiger partial charge is 0.277 e. The minimum absolute atomic E-state index is 0.135. The Labute approximate surface area is 87.1 Å². The summed E-state index contributed by atoms with van der Waals surface area (Å²) in [6.45, 7) is 0. The number of fused-ring (bicyclic) bond motifs is 2. The van der Waals surface area contributed by atoms with E-state index in [9.17, 15) is 4.79 Å². The molecule has 2 aliphatic rings. The highest BCUT2D eigenvalue weighted by atomic mass is 16.5. The zero-order valence-corrected chi connectivity index (χ0v) is 7.94. The molecule has 1 unspecified atom stereocenters. The molecule has 2 aliphatic heterocycles. The second-order valence-corrected chi connectivity index (χ2v) is 3.54. The van der Waals surface area contributed by atoms with Crippen molar-refractivity contribution in [3.63, 3.8) is 0 Å². The topological polar surface area (TPSA) is 38.3 Å². The number of amides is 1. The van der Waals surface area contributed by atoms with Gasteiger partial charge in [0.05, 0.1) is 6.26 Å². The van der Waals surface area contributed by atoms with Gasteiger partial charge in [0.2, 0.25) is 5.60 Å². The van der Waals surface area contributed by atoms with E-state index in [0.29, 0.717) is 0 Å². The van der Waals surface area contributed by atoms with Crippen molar-refractivity contribution in [1.29, 1.82) is 0 Å². The van der Waals surface area contributed by atoms with Crippen LogP contribution >= 0.6 is 0 Å². The number of carbonyl (C=O) groups excluding carboxylic acids is 1. The van der Waals surface area contributed by atoms with Gasteiger partial charge in [0.1, 0.15) is 0 Å². The lowest BCUT2D eigenvalue weighted by molar-refractivity contribution is -0.130. The van der Waals surface area contributed by atoms with Crippen LogP contribution in [0.3, 0.4) is 0 Å². The summed E-state index contributed by atoms with van der Waals surface area (Å²) in [4.78, 5) is 11.9. The third-order valence-corrected chi connectivity index (χ3v) is 2.69. The van der Waals surface area contributed by atoms with E-state index in [2.05, 4.69) is 5.32 Å². The molecule has 0 radical (unpaired) electrons. The zero-order chi connectivity index (χ0) is 10.3. The van der Waals surface area contributed by atoms with Crippen LogP contribution in [0, 0.1) is 0 Å². The van der Waals surface area contributed by atoms with Gasteiger partial charge >= 0.3 is 0 Å². The number of nitrogens with one attached hydrogen (secondary N) is 1. The minimum atomic E-state index is -0.953. The van der Waals surface area contributed by atoms with Gasteiger partial charge in [-0.1, -0.05) is 24.3 Å². The maximum atomic E-state index is 11.9. The van der Waals surface area contributed by atoms with Gasteiger partial charge in [-0.25, -0.2) is 0 Å². The first-order chi connectivity index (χ1) is 7.33. The van der Waals surface area contributed by atoms with Gasteiger partial charge in [0, 0.05) is 11.3 Å². The lowest BCUT2D eigenvalue weighted by Crippen LogP contribution is -2.34. The lowest BCUT2D eigenvalue weighted by atomic mass is 9.94. The molecule has 1 amide bonds. The summed E-state index contributed by atoms with van der Waals surface area (Å²) in [5.41, 5.74) is 0.740.